The molecule has 0 saturated carbocycles. The maximum atomic E-state index is 9.11. The number of fused-ring (bicyclic) bond motifs is 5. The smallest absolute Gasteiger partial charge is 0.181 e. The lowest BCUT2D eigenvalue weighted by atomic mass is 9.90. The number of nitrogens with two attached hydrogens (primary N) is 1. The summed E-state index contributed by atoms with van der Waals surface area (Å²) in [5, 5.41) is 17.8. The van der Waals surface area contributed by atoms with Gasteiger partial charge < -0.3 is 19.8 Å². The number of likely N-dealkylation sites (tertiary alicyclic amines) is 1. The molecule has 6 rings (SSSR count). The molecular weight excluding hydrogens is 410 g/mol. The van der Waals surface area contributed by atoms with E-state index in [0.29, 0.717) is 11.5 Å². The second-order valence-electron chi connectivity index (χ2n) is 9.81. The molecular formula is C26H27N7. The summed E-state index contributed by atoms with van der Waals surface area (Å²) in [7, 11) is 0. The molecule has 3 aromatic rings. The fraction of sp³-hybridized carbons (Fsp3) is 0.346. The van der Waals surface area contributed by atoms with Crippen molar-refractivity contribution in [2.45, 2.75) is 25.9 Å². The van der Waals surface area contributed by atoms with Crippen LogP contribution in [-0.4, -0.2) is 43.9 Å². The summed E-state index contributed by atoms with van der Waals surface area (Å²) in [6.45, 7) is 5.94. The number of nitrogens with zero attached hydrogens (tertiary/aromatic N) is 6. The SMILES string of the molecule is CC1(CN)CCN(C2=CC3Cn4cc(-c5ccc(C#N)cc5)cc4-c4nncn4C3C=C2)C1. The Morgan fingerprint density at radius 2 is 2.09 bits per heavy atom. The average Bonchev–Trinajstić information content (AvgIpc) is 3.57. The zero-order valence-electron chi connectivity index (χ0n) is 18.7. The van der Waals surface area contributed by atoms with Crippen LogP contribution in [0.2, 0.25) is 0 Å². The predicted molar refractivity (Wildman–Crippen MR) is 127 cm³/mol. The van der Waals surface area contributed by atoms with Crippen LogP contribution in [0, 0.1) is 22.7 Å². The van der Waals surface area contributed by atoms with Crippen molar-refractivity contribution in [3.05, 3.63) is 72.3 Å². The van der Waals surface area contributed by atoms with Crippen LogP contribution in [0.3, 0.4) is 0 Å². The van der Waals surface area contributed by atoms with Gasteiger partial charge in [-0.1, -0.05) is 31.2 Å². The molecule has 2 aromatic heterocycles. The lowest BCUT2D eigenvalue weighted by molar-refractivity contribution is 0.320. The Labute approximate surface area is 193 Å². The number of allylic oxidation sites excluding steroid dienone is 3. The van der Waals surface area contributed by atoms with Gasteiger partial charge in [-0.15, -0.1) is 10.2 Å². The van der Waals surface area contributed by atoms with Crippen LogP contribution in [0.5, 0.6) is 0 Å². The number of rotatable bonds is 3. The Bertz CT molecular complexity index is 1300. The summed E-state index contributed by atoms with van der Waals surface area (Å²) in [6, 6.07) is 12.3. The second-order valence-corrected chi connectivity index (χ2v) is 9.81. The molecule has 0 radical (unpaired) electrons. The van der Waals surface area contributed by atoms with Gasteiger partial charge in [-0.25, -0.2) is 0 Å². The highest BCUT2D eigenvalue weighted by atomic mass is 15.3. The van der Waals surface area contributed by atoms with E-state index in [0.717, 1.165) is 55.2 Å². The third-order valence-electron chi connectivity index (χ3n) is 7.48. The van der Waals surface area contributed by atoms with Gasteiger partial charge in [0.1, 0.15) is 6.33 Å². The topological polar surface area (TPSA) is 88.7 Å². The Morgan fingerprint density at radius 3 is 2.85 bits per heavy atom. The first-order valence-corrected chi connectivity index (χ1v) is 11.5. The van der Waals surface area contributed by atoms with E-state index >= 15 is 0 Å². The minimum atomic E-state index is 0.194. The highest BCUT2D eigenvalue weighted by molar-refractivity contribution is 5.70. The Balaban J connectivity index is 1.36. The molecule has 1 aliphatic carbocycles. The van der Waals surface area contributed by atoms with Gasteiger partial charge in [0.2, 0.25) is 0 Å². The van der Waals surface area contributed by atoms with Crippen molar-refractivity contribution in [3.8, 4) is 28.7 Å². The molecule has 166 valence electrons. The molecule has 2 aliphatic heterocycles. The first-order chi connectivity index (χ1) is 16.1. The standard InChI is InChI=1S/C26H27N7/c1-26(15-28)8-9-31(16-26)22-6-7-23-21(10-22)14-32-13-20(19-4-2-18(12-27)3-5-19)11-24(32)25-30-29-17-33(23)25/h2-7,10-11,13,17,21,23H,8-9,14-16,28H2,1H3. The molecule has 1 saturated heterocycles. The normalized spacial score (nSPS) is 25.6. The first-order valence-electron chi connectivity index (χ1n) is 11.5. The van der Waals surface area contributed by atoms with Gasteiger partial charge in [-0.2, -0.15) is 5.26 Å². The molecule has 1 fully saturated rings. The van der Waals surface area contributed by atoms with Gasteiger partial charge >= 0.3 is 0 Å². The first kappa shape index (κ1) is 20.0. The van der Waals surface area contributed by atoms with E-state index in [1.165, 1.54) is 5.70 Å². The quantitative estimate of drug-likeness (QED) is 0.677. The third kappa shape index (κ3) is 3.30. The van der Waals surface area contributed by atoms with E-state index in [2.05, 4.69) is 67.7 Å². The Morgan fingerprint density at radius 1 is 1.24 bits per heavy atom. The number of benzene rings is 1. The van der Waals surface area contributed by atoms with E-state index in [9.17, 15) is 0 Å². The molecule has 7 heteroatoms. The molecule has 1 aromatic carbocycles. The second kappa shape index (κ2) is 7.46. The Hall–Kier alpha value is -3.63. The number of aromatic nitrogens is 4. The van der Waals surface area contributed by atoms with Crippen molar-refractivity contribution in [1.29, 1.82) is 5.26 Å². The van der Waals surface area contributed by atoms with E-state index in [-0.39, 0.29) is 11.5 Å². The fourth-order valence-corrected chi connectivity index (χ4v) is 5.41. The van der Waals surface area contributed by atoms with Crippen LogP contribution in [0.25, 0.3) is 22.6 Å². The van der Waals surface area contributed by atoms with Crippen LogP contribution >= 0.6 is 0 Å². The highest BCUT2D eigenvalue weighted by Crippen LogP contribution is 2.40. The molecule has 2 N–H and O–H groups in total. The van der Waals surface area contributed by atoms with Crippen molar-refractivity contribution in [3.63, 3.8) is 0 Å². The van der Waals surface area contributed by atoms with Crippen molar-refractivity contribution >= 4 is 0 Å². The maximum absolute atomic E-state index is 9.11. The molecule has 0 spiro atoms. The maximum Gasteiger partial charge on any atom is 0.181 e. The number of hydrogen-bond acceptors (Lipinski definition) is 5. The summed E-state index contributed by atoms with van der Waals surface area (Å²) in [4.78, 5) is 2.48. The van der Waals surface area contributed by atoms with Gasteiger partial charge in [0.15, 0.2) is 5.82 Å². The molecule has 3 atom stereocenters. The Kier molecular flexibility index (Phi) is 4.52. The van der Waals surface area contributed by atoms with E-state index < -0.39 is 0 Å². The fourth-order valence-electron chi connectivity index (χ4n) is 5.41. The van der Waals surface area contributed by atoms with Gasteiger partial charge in [0.05, 0.1) is 23.4 Å². The van der Waals surface area contributed by atoms with Gasteiger partial charge in [-0.3, -0.25) is 0 Å². The van der Waals surface area contributed by atoms with Crippen LogP contribution in [0.4, 0.5) is 0 Å². The third-order valence-corrected chi connectivity index (χ3v) is 7.48. The zero-order valence-corrected chi connectivity index (χ0v) is 18.7. The van der Waals surface area contributed by atoms with Crippen LogP contribution in [-0.2, 0) is 6.54 Å². The molecule has 0 amide bonds. The molecule has 4 heterocycles. The summed E-state index contributed by atoms with van der Waals surface area (Å²) in [5.74, 6) is 1.19. The van der Waals surface area contributed by atoms with E-state index in [1.807, 2.05) is 30.6 Å². The molecule has 3 aliphatic rings. The van der Waals surface area contributed by atoms with Crippen molar-refractivity contribution in [2.75, 3.05) is 19.6 Å². The lowest BCUT2D eigenvalue weighted by Crippen LogP contribution is -2.32. The summed E-state index contributed by atoms with van der Waals surface area (Å²) in [6.07, 6.45) is 12.2. The number of nitriles is 1. The molecule has 7 nitrogen and oxygen atoms in total. The average molecular weight is 438 g/mol. The summed E-state index contributed by atoms with van der Waals surface area (Å²) in [5.41, 5.74) is 11.5. The van der Waals surface area contributed by atoms with Crippen molar-refractivity contribution < 1.29 is 0 Å². The zero-order chi connectivity index (χ0) is 22.6. The molecule has 3 unspecified atom stereocenters. The van der Waals surface area contributed by atoms with Crippen LogP contribution in [0.1, 0.15) is 24.9 Å². The highest BCUT2D eigenvalue weighted by Gasteiger charge is 2.36. The number of hydrogen-bond donors (Lipinski definition) is 1. The van der Waals surface area contributed by atoms with E-state index in [4.69, 9.17) is 11.0 Å². The van der Waals surface area contributed by atoms with Crippen molar-refractivity contribution in [2.24, 2.45) is 17.1 Å². The lowest BCUT2D eigenvalue weighted by Gasteiger charge is -2.31. The minimum absolute atomic E-state index is 0.194. The van der Waals surface area contributed by atoms with Crippen molar-refractivity contribution in [1.82, 2.24) is 24.2 Å². The molecule has 0 bridgehead atoms. The van der Waals surface area contributed by atoms with Gasteiger partial charge in [0.25, 0.3) is 0 Å². The summed E-state index contributed by atoms with van der Waals surface area (Å²) < 4.78 is 4.50. The largest absolute Gasteiger partial charge is 0.371 e. The minimum Gasteiger partial charge on any atom is -0.371 e. The van der Waals surface area contributed by atoms with Gasteiger partial charge in [0, 0.05) is 43.0 Å². The van der Waals surface area contributed by atoms with Crippen LogP contribution < -0.4 is 5.73 Å². The van der Waals surface area contributed by atoms with Crippen LogP contribution in [0.15, 0.2) is 66.8 Å². The monoisotopic (exact) mass is 437 g/mol. The summed E-state index contributed by atoms with van der Waals surface area (Å²) >= 11 is 0. The predicted octanol–water partition coefficient (Wildman–Crippen LogP) is 3.58. The van der Waals surface area contributed by atoms with Gasteiger partial charge in [-0.05, 0) is 48.2 Å². The van der Waals surface area contributed by atoms with E-state index in [1.54, 1.807) is 0 Å². The molecule has 33 heavy (non-hydrogen) atoms.